The smallest absolute Gasteiger partial charge is 0.303 e. The number of hydrogen-bond donors (Lipinski definition) is 3. The van der Waals surface area contributed by atoms with Gasteiger partial charge in [0.1, 0.15) is 18.0 Å². The molecule has 0 spiro atoms. The van der Waals surface area contributed by atoms with Gasteiger partial charge in [-0.05, 0) is 73.7 Å². The van der Waals surface area contributed by atoms with E-state index in [-0.39, 0.29) is 17.1 Å². The molecule has 5 heteroatoms. The number of allylic oxidation sites excluding steroid dienone is 1. The van der Waals surface area contributed by atoms with Crippen LogP contribution in [0.25, 0.3) is 0 Å². The molecule has 0 radical (unpaired) electrons. The number of aliphatic hydroxyl groups is 3. The van der Waals surface area contributed by atoms with Gasteiger partial charge in [0.05, 0.1) is 0 Å². The van der Waals surface area contributed by atoms with E-state index in [0.717, 1.165) is 37.7 Å². The van der Waals surface area contributed by atoms with Crippen LogP contribution < -0.4 is 0 Å². The molecule has 5 nitrogen and oxygen atoms in total. The van der Waals surface area contributed by atoms with Crippen LogP contribution in [-0.2, 0) is 9.53 Å². The van der Waals surface area contributed by atoms with Gasteiger partial charge in [0.2, 0.25) is 0 Å². The molecule has 4 rings (SSSR count). The highest BCUT2D eigenvalue weighted by molar-refractivity contribution is 5.66. The van der Waals surface area contributed by atoms with E-state index in [1.165, 1.54) is 6.92 Å². The van der Waals surface area contributed by atoms with Crippen molar-refractivity contribution in [1.29, 1.82) is 0 Å². The summed E-state index contributed by atoms with van der Waals surface area (Å²) in [6.45, 7) is 5.65. The van der Waals surface area contributed by atoms with Crippen molar-refractivity contribution in [3.63, 3.8) is 0 Å². The van der Waals surface area contributed by atoms with E-state index in [0.29, 0.717) is 24.7 Å². The third kappa shape index (κ3) is 2.37. The fraction of sp³-hybridized carbons (Fsp3) is 0.783. The summed E-state index contributed by atoms with van der Waals surface area (Å²) in [4.78, 5) is 11.6. The van der Waals surface area contributed by atoms with Crippen LogP contribution in [0.3, 0.4) is 0 Å². The lowest BCUT2D eigenvalue weighted by Crippen LogP contribution is -2.56. The van der Waals surface area contributed by atoms with Gasteiger partial charge in [-0.1, -0.05) is 19.8 Å². The molecule has 0 aromatic heterocycles. The third-order valence-electron chi connectivity index (χ3n) is 8.96. The molecule has 0 unspecified atom stereocenters. The first kappa shape index (κ1) is 19.8. The minimum absolute atomic E-state index is 0.124. The molecule has 0 amide bonds. The van der Waals surface area contributed by atoms with Gasteiger partial charge in [-0.3, -0.25) is 4.79 Å². The predicted octanol–water partition coefficient (Wildman–Crippen LogP) is 3.10. The van der Waals surface area contributed by atoms with Crippen molar-refractivity contribution in [1.82, 2.24) is 0 Å². The third-order valence-corrected chi connectivity index (χ3v) is 8.96. The second-order valence-corrected chi connectivity index (χ2v) is 9.95. The molecule has 0 aliphatic heterocycles. The lowest BCUT2D eigenvalue weighted by atomic mass is 9.46. The highest BCUT2D eigenvalue weighted by atomic mass is 16.6. The number of terminal acetylenes is 1. The summed E-state index contributed by atoms with van der Waals surface area (Å²) in [7, 11) is 0. The Hall–Kier alpha value is -1.51. The second-order valence-electron chi connectivity index (χ2n) is 9.95. The van der Waals surface area contributed by atoms with Gasteiger partial charge in [0, 0.05) is 12.3 Å². The number of carbonyl (C=O) groups is 1. The maximum Gasteiger partial charge on any atom is 0.303 e. The Bertz CT molecular complexity index is 765. The summed E-state index contributed by atoms with van der Waals surface area (Å²) in [5.41, 5.74) is -1.04. The van der Waals surface area contributed by atoms with Crippen molar-refractivity contribution < 1.29 is 24.9 Å². The Morgan fingerprint density at radius 3 is 2.57 bits per heavy atom. The van der Waals surface area contributed by atoms with Gasteiger partial charge in [0.25, 0.3) is 0 Å². The van der Waals surface area contributed by atoms with Crippen LogP contribution in [0, 0.1) is 40.9 Å². The summed E-state index contributed by atoms with van der Waals surface area (Å²) in [6.07, 6.45) is 9.78. The van der Waals surface area contributed by atoms with Crippen LogP contribution in [0.4, 0.5) is 0 Å². The predicted molar refractivity (Wildman–Crippen MR) is 104 cm³/mol. The van der Waals surface area contributed by atoms with Crippen molar-refractivity contribution in [2.75, 3.05) is 0 Å². The van der Waals surface area contributed by atoms with Crippen LogP contribution >= 0.6 is 0 Å². The monoisotopic (exact) mass is 388 g/mol. The summed E-state index contributed by atoms with van der Waals surface area (Å²) in [5, 5.41) is 32.1. The topological polar surface area (TPSA) is 87.0 Å². The first-order valence-corrected chi connectivity index (χ1v) is 10.6. The van der Waals surface area contributed by atoms with Crippen molar-refractivity contribution in [3.05, 3.63) is 11.3 Å². The molecule has 0 saturated heterocycles. The van der Waals surface area contributed by atoms with Crippen LogP contribution in [-0.4, -0.2) is 39.1 Å². The highest BCUT2D eigenvalue weighted by Crippen LogP contribution is 2.68. The van der Waals surface area contributed by atoms with Gasteiger partial charge >= 0.3 is 5.97 Å². The van der Waals surface area contributed by atoms with Gasteiger partial charge in [0.15, 0.2) is 5.60 Å². The second kappa shape index (κ2) is 6.24. The number of ether oxygens (including phenoxy) is 1. The number of rotatable bonds is 1. The normalized spacial score (nSPS) is 50.2. The molecule has 154 valence electrons. The van der Waals surface area contributed by atoms with E-state index in [1.54, 1.807) is 0 Å². The standard InChI is InChI=1S/C23H32O5/c1-5-23(27)19(28-13(2)24)12-17-14-6-7-16-20(26)18(25)9-10-21(16,3)15(14)8-11-22(17,23)4/h1,14-15,17-19,25-27H,6-12H2,2-4H3/t14-,15+,17+,18-,19-,21-,22+,23+/m1/s1. The molecule has 8 atom stereocenters. The quantitative estimate of drug-likeness (QED) is 0.475. The lowest BCUT2D eigenvalue weighted by Gasteiger charge is -2.58. The first-order chi connectivity index (χ1) is 13.1. The summed E-state index contributed by atoms with van der Waals surface area (Å²) >= 11 is 0. The maximum absolute atomic E-state index is 11.6. The van der Waals surface area contributed by atoms with E-state index < -0.39 is 29.2 Å². The Labute approximate surface area is 167 Å². The molecule has 3 saturated carbocycles. The van der Waals surface area contributed by atoms with Gasteiger partial charge in [-0.15, -0.1) is 6.42 Å². The molecule has 28 heavy (non-hydrogen) atoms. The fourth-order valence-electron chi connectivity index (χ4n) is 7.42. The molecule has 4 aliphatic rings. The van der Waals surface area contributed by atoms with Gasteiger partial charge < -0.3 is 20.1 Å². The summed E-state index contributed by atoms with van der Waals surface area (Å²) < 4.78 is 5.50. The molecule has 3 fully saturated rings. The molecule has 3 N–H and O–H groups in total. The largest absolute Gasteiger partial charge is 0.510 e. The molecular formula is C23H32O5. The number of fused-ring (bicyclic) bond motifs is 5. The minimum Gasteiger partial charge on any atom is -0.510 e. The van der Waals surface area contributed by atoms with Crippen molar-refractivity contribution in [3.8, 4) is 12.3 Å². The number of aliphatic hydroxyl groups excluding tert-OH is 2. The van der Waals surface area contributed by atoms with Crippen LogP contribution in [0.15, 0.2) is 11.3 Å². The summed E-state index contributed by atoms with van der Waals surface area (Å²) in [6, 6.07) is 0. The first-order valence-electron chi connectivity index (χ1n) is 10.6. The van der Waals surface area contributed by atoms with E-state index in [1.807, 2.05) is 0 Å². The SMILES string of the molecule is C#C[C@]1(O)[C@H](OC(C)=O)C[C@H]2[C@@H]3CCC4=C(O)[C@H](O)CC[C@]4(C)[C@H]3CC[C@@]21C. The Morgan fingerprint density at radius 2 is 1.93 bits per heavy atom. The lowest BCUT2D eigenvalue weighted by molar-refractivity contribution is -0.163. The average Bonchev–Trinajstić information content (AvgIpc) is 2.86. The Kier molecular flexibility index (Phi) is 4.41. The molecule has 4 aliphatic carbocycles. The maximum atomic E-state index is 11.6. The fourth-order valence-corrected chi connectivity index (χ4v) is 7.42. The number of esters is 1. The van der Waals surface area contributed by atoms with E-state index in [4.69, 9.17) is 11.2 Å². The Morgan fingerprint density at radius 1 is 1.21 bits per heavy atom. The van der Waals surface area contributed by atoms with Crippen molar-refractivity contribution in [2.45, 2.75) is 83.5 Å². The van der Waals surface area contributed by atoms with Gasteiger partial charge in [-0.2, -0.15) is 0 Å². The van der Waals surface area contributed by atoms with E-state index in [2.05, 4.69) is 19.8 Å². The number of hydrogen-bond acceptors (Lipinski definition) is 5. The summed E-state index contributed by atoms with van der Waals surface area (Å²) in [5.74, 6) is 3.28. The average molecular weight is 389 g/mol. The van der Waals surface area contributed by atoms with Crippen LogP contribution in [0.1, 0.15) is 65.7 Å². The number of carbonyl (C=O) groups excluding carboxylic acids is 1. The Balaban J connectivity index is 1.71. The van der Waals surface area contributed by atoms with Crippen LogP contribution in [0.2, 0.25) is 0 Å². The molecule has 0 heterocycles. The molecular weight excluding hydrogens is 356 g/mol. The van der Waals surface area contributed by atoms with Crippen molar-refractivity contribution >= 4 is 5.97 Å². The molecule has 0 bridgehead atoms. The van der Waals surface area contributed by atoms with E-state index in [9.17, 15) is 20.1 Å². The highest BCUT2D eigenvalue weighted by Gasteiger charge is 2.68. The molecule has 0 aromatic rings. The van der Waals surface area contributed by atoms with E-state index >= 15 is 0 Å². The minimum atomic E-state index is -1.45. The zero-order valence-corrected chi connectivity index (χ0v) is 17.1. The van der Waals surface area contributed by atoms with Gasteiger partial charge in [-0.25, -0.2) is 0 Å². The van der Waals surface area contributed by atoms with Crippen molar-refractivity contribution in [2.24, 2.45) is 28.6 Å². The zero-order chi connectivity index (χ0) is 20.5. The molecule has 0 aromatic carbocycles. The van der Waals surface area contributed by atoms with Crippen LogP contribution in [0.5, 0.6) is 0 Å². The zero-order valence-electron chi connectivity index (χ0n) is 17.1.